The summed E-state index contributed by atoms with van der Waals surface area (Å²) in [4.78, 5) is 0. The summed E-state index contributed by atoms with van der Waals surface area (Å²) in [6, 6.07) is 0. The van der Waals surface area contributed by atoms with Crippen LogP contribution in [0.15, 0.2) is 0 Å². The zero-order valence-corrected chi connectivity index (χ0v) is 8.05. The van der Waals surface area contributed by atoms with E-state index in [1.165, 1.54) is 0 Å². The maximum atomic E-state index is 10.1. The number of rotatable bonds is 1. The van der Waals surface area contributed by atoms with Crippen LogP contribution in [0.25, 0.3) is 0 Å². The van der Waals surface area contributed by atoms with Gasteiger partial charge in [-0.15, -0.1) is 0 Å². The zero-order valence-electron chi connectivity index (χ0n) is 2.40. The first-order chi connectivity index (χ1) is 2.56. The number of hydrogen-bond donors (Lipinski definition) is 0. The highest BCUT2D eigenvalue weighted by Crippen LogP contribution is 2.63. The van der Waals surface area contributed by atoms with Crippen LogP contribution in [0.1, 0.15) is 0 Å². The topological polar surface area (TPSA) is 26.3 Å². The monoisotopic (exact) mass is 300 g/mol. The van der Waals surface area contributed by atoms with Crippen LogP contribution in [0.2, 0.25) is 0 Å². The molecule has 0 radical (unpaired) electrons. The molecule has 0 aromatic carbocycles. The Morgan fingerprint density at radius 1 is 1.50 bits per heavy atom. The molecule has 0 atom stereocenters. The molecule has 0 unspecified atom stereocenters. The van der Waals surface area contributed by atoms with E-state index >= 15 is 0 Å². The first-order valence-corrected chi connectivity index (χ1v) is 7.17. The van der Waals surface area contributed by atoms with Gasteiger partial charge in [0.2, 0.25) is 0 Å². The molecule has 0 saturated heterocycles. The van der Waals surface area contributed by atoms with Crippen molar-refractivity contribution < 1.29 is 8.18 Å². The quantitative estimate of drug-likeness (QED) is 0.695. The summed E-state index contributed by atoms with van der Waals surface area (Å²) >= 11 is 7.87. The van der Waals surface area contributed by atoms with E-state index in [4.69, 9.17) is 0 Å². The Morgan fingerprint density at radius 3 is 1.67 bits per heavy atom. The molecule has 6 heavy (non-hydrogen) atoms. The van der Waals surface area contributed by atoms with Gasteiger partial charge < -0.3 is 0 Å². The lowest BCUT2D eigenvalue weighted by atomic mass is 15.9. The van der Waals surface area contributed by atoms with Gasteiger partial charge in [-0.05, 0) is 0 Å². The van der Waals surface area contributed by atoms with E-state index in [0.717, 1.165) is 0 Å². The third-order valence-electron chi connectivity index (χ3n) is 0.0803. The van der Waals surface area contributed by atoms with Gasteiger partial charge in [0.05, 0.1) is 0 Å². The van der Waals surface area contributed by atoms with Crippen molar-refractivity contribution in [2.24, 2.45) is 0 Å². The molecule has 38 valence electrons. The van der Waals surface area contributed by atoms with E-state index in [0.29, 0.717) is 0 Å². The minimum Gasteiger partial charge on any atom is -0.267 e. The van der Waals surface area contributed by atoms with Gasteiger partial charge in [-0.2, -0.15) is 0 Å². The maximum absolute atomic E-state index is 10.1. The molecule has 0 N–H and O–H groups in total. The molecular formula is Br3O2P. The first kappa shape index (κ1) is 7.63. The Labute approximate surface area is 60.0 Å². The Kier molecular flexibility index (Phi) is 3.59. The van der Waals surface area contributed by atoms with Gasteiger partial charge in [-0.3, -0.25) is 4.57 Å². The highest BCUT2D eigenvalue weighted by atomic mass is 79.9. The first-order valence-electron chi connectivity index (χ1n) is 0.858. The largest absolute Gasteiger partial charge is 0.339 e. The van der Waals surface area contributed by atoms with E-state index in [2.05, 4.69) is 50.9 Å². The van der Waals surface area contributed by atoms with Crippen molar-refractivity contribution in [3.63, 3.8) is 0 Å². The molecule has 0 amide bonds. The van der Waals surface area contributed by atoms with Crippen molar-refractivity contribution >= 4 is 52.0 Å². The van der Waals surface area contributed by atoms with Crippen LogP contribution in [0.3, 0.4) is 0 Å². The van der Waals surface area contributed by atoms with Crippen LogP contribution in [0.4, 0.5) is 0 Å². The molecule has 2 nitrogen and oxygen atoms in total. The lowest BCUT2D eigenvalue weighted by Gasteiger charge is -1.88. The standard InChI is InChI=1S/Br3O2P/c1-5-6(2,3)4. The van der Waals surface area contributed by atoms with Crippen molar-refractivity contribution in [3.05, 3.63) is 0 Å². The Morgan fingerprint density at radius 2 is 1.67 bits per heavy atom. The normalized spacial score (nSPS) is 11.8. The van der Waals surface area contributed by atoms with Crippen molar-refractivity contribution in [1.29, 1.82) is 0 Å². The summed E-state index contributed by atoms with van der Waals surface area (Å²) in [6.07, 6.45) is 0. The lowest BCUT2D eigenvalue weighted by molar-refractivity contribution is 0.553. The molecule has 0 fully saturated rings. The van der Waals surface area contributed by atoms with E-state index in [9.17, 15) is 4.57 Å². The van der Waals surface area contributed by atoms with Crippen LogP contribution >= 0.6 is 52.0 Å². The molecule has 6 heteroatoms. The second-order valence-corrected chi connectivity index (χ2v) is 10.8. The fraction of sp³-hybridized carbons (Fsp3) is 0. The summed E-state index contributed by atoms with van der Waals surface area (Å²) in [7, 11) is 0. The molecule has 0 rings (SSSR count). The van der Waals surface area contributed by atoms with Crippen molar-refractivity contribution in [2.75, 3.05) is 0 Å². The fourth-order valence-corrected chi connectivity index (χ4v) is 0. The number of halogens is 3. The third kappa shape index (κ3) is 5.63. The summed E-state index contributed by atoms with van der Waals surface area (Å²) in [5.41, 5.74) is 0. The van der Waals surface area contributed by atoms with Crippen molar-refractivity contribution in [1.82, 2.24) is 0 Å². The molecule has 0 saturated carbocycles. The van der Waals surface area contributed by atoms with Gasteiger partial charge in [0.1, 0.15) is 16.3 Å². The SMILES string of the molecule is O=P(Br)(Br)OBr. The highest BCUT2D eigenvalue weighted by molar-refractivity contribution is 9.70. The van der Waals surface area contributed by atoms with Gasteiger partial charge in [0, 0.05) is 31.0 Å². The van der Waals surface area contributed by atoms with E-state index in [-0.39, 0.29) is 0 Å². The molecule has 0 spiro atoms. The van der Waals surface area contributed by atoms with Crippen LogP contribution in [-0.4, -0.2) is 0 Å². The predicted octanol–water partition coefficient (Wildman–Crippen LogP) is 3.21. The number of hydrogen-bond acceptors (Lipinski definition) is 2. The van der Waals surface area contributed by atoms with Crippen molar-refractivity contribution in [3.8, 4) is 0 Å². The summed E-state index contributed by atoms with van der Waals surface area (Å²) in [5.74, 6) is 0. The maximum Gasteiger partial charge on any atom is 0.339 e. The Bertz CT molecular complexity index is 72.9. The van der Waals surface area contributed by atoms with E-state index in [1.807, 2.05) is 0 Å². The van der Waals surface area contributed by atoms with Crippen LogP contribution in [0, 0.1) is 0 Å². The zero-order chi connectivity index (χ0) is 5.21. The minimum absolute atomic E-state index is 2.51. The average Bonchev–Trinajstić information content (AvgIpc) is 1.35. The minimum atomic E-state index is -2.60. The van der Waals surface area contributed by atoms with Gasteiger partial charge in [0.15, 0.2) is 0 Å². The fourth-order valence-electron chi connectivity index (χ4n) is 0. The molecule has 0 aromatic rings. The third-order valence-corrected chi connectivity index (χ3v) is 4.66. The molecule has 0 aliphatic rings. The summed E-state index contributed by atoms with van der Waals surface area (Å²) < 4.78 is 11.7. The molecular weight excluding hydrogens is 303 g/mol. The Balaban J connectivity index is 3.48. The van der Waals surface area contributed by atoms with Gasteiger partial charge in [-0.1, -0.05) is 0 Å². The van der Waals surface area contributed by atoms with Crippen LogP contribution in [0.5, 0.6) is 0 Å². The Hall–Kier alpha value is 1.63. The average molecular weight is 303 g/mol. The van der Waals surface area contributed by atoms with Crippen LogP contribution < -0.4 is 0 Å². The second-order valence-electron chi connectivity index (χ2n) is 0.483. The smallest absolute Gasteiger partial charge is 0.267 e. The van der Waals surface area contributed by atoms with E-state index < -0.39 is 4.77 Å². The highest BCUT2D eigenvalue weighted by Gasteiger charge is 2.08. The molecule has 0 aromatic heterocycles. The second kappa shape index (κ2) is 2.82. The summed E-state index contributed by atoms with van der Waals surface area (Å²) in [6.45, 7) is 0. The molecule has 0 heterocycles. The van der Waals surface area contributed by atoms with Gasteiger partial charge in [-0.25, -0.2) is 3.62 Å². The van der Waals surface area contributed by atoms with Crippen molar-refractivity contribution in [2.45, 2.75) is 0 Å². The summed E-state index contributed by atoms with van der Waals surface area (Å²) in [5, 5.41) is 0. The van der Waals surface area contributed by atoms with Crippen LogP contribution in [-0.2, 0) is 8.18 Å². The van der Waals surface area contributed by atoms with E-state index in [1.54, 1.807) is 0 Å². The molecule has 0 aliphatic heterocycles. The predicted molar refractivity (Wildman–Crippen MR) is 35.5 cm³/mol. The molecule has 0 aliphatic carbocycles. The lowest BCUT2D eigenvalue weighted by Crippen LogP contribution is -1.45. The van der Waals surface area contributed by atoms with Gasteiger partial charge >= 0.3 is 4.77 Å². The van der Waals surface area contributed by atoms with Gasteiger partial charge in [0.25, 0.3) is 0 Å². The molecule has 0 bridgehead atoms.